The van der Waals surface area contributed by atoms with Gasteiger partial charge in [0, 0.05) is 44.0 Å². The van der Waals surface area contributed by atoms with Crippen molar-refractivity contribution in [2.24, 2.45) is 5.92 Å². The number of sulfonamides is 1. The number of ether oxygens (including phenoxy) is 1. The Hall–Kier alpha value is -1.85. The van der Waals surface area contributed by atoms with Crippen LogP contribution in [0.3, 0.4) is 0 Å². The third-order valence-electron chi connectivity index (χ3n) is 6.04. The highest BCUT2D eigenvalue weighted by molar-refractivity contribution is 7.89. The summed E-state index contributed by atoms with van der Waals surface area (Å²) in [6.45, 7) is 8.47. The quantitative estimate of drug-likeness (QED) is 0.686. The van der Waals surface area contributed by atoms with Gasteiger partial charge in [-0.2, -0.15) is 4.31 Å². The van der Waals surface area contributed by atoms with E-state index in [4.69, 9.17) is 4.74 Å². The molecule has 0 saturated carbocycles. The van der Waals surface area contributed by atoms with Crippen LogP contribution >= 0.6 is 11.3 Å². The predicted molar refractivity (Wildman–Crippen MR) is 124 cm³/mol. The van der Waals surface area contributed by atoms with E-state index in [2.05, 4.69) is 15.2 Å². The molecule has 174 valence electrons. The Kier molecular flexibility index (Phi) is 7.26. The number of hydrogen-bond donors (Lipinski definition) is 1. The van der Waals surface area contributed by atoms with Crippen molar-refractivity contribution < 1.29 is 17.9 Å². The summed E-state index contributed by atoms with van der Waals surface area (Å²) in [6, 6.07) is 5.38. The molecule has 10 heteroatoms. The Balaban J connectivity index is 1.31. The lowest BCUT2D eigenvalue weighted by Crippen LogP contribution is -2.41. The average Bonchev–Trinajstić information content (AvgIpc) is 3.21. The molecule has 8 nitrogen and oxygen atoms in total. The van der Waals surface area contributed by atoms with Crippen LogP contribution in [0.4, 0.5) is 5.13 Å². The van der Waals surface area contributed by atoms with E-state index in [9.17, 15) is 13.2 Å². The zero-order chi connectivity index (χ0) is 22.7. The normalized spacial score (nSPS) is 19.2. The van der Waals surface area contributed by atoms with E-state index >= 15 is 0 Å². The van der Waals surface area contributed by atoms with Crippen molar-refractivity contribution in [3.8, 4) is 0 Å². The van der Waals surface area contributed by atoms with E-state index in [-0.39, 0.29) is 11.8 Å². The molecule has 0 aliphatic carbocycles. The monoisotopic (exact) mass is 478 g/mol. The molecule has 1 aromatic heterocycles. The molecule has 1 N–H and O–H groups in total. The van der Waals surface area contributed by atoms with Gasteiger partial charge in [0.2, 0.25) is 15.9 Å². The summed E-state index contributed by atoms with van der Waals surface area (Å²) in [5.41, 5.74) is 2.73. The Labute approximate surface area is 193 Å². The van der Waals surface area contributed by atoms with Gasteiger partial charge in [0.1, 0.15) is 0 Å². The molecule has 0 radical (unpaired) electrons. The molecule has 0 atom stereocenters. The Morgan fingerprint density at radius 3 is 2.59 bits per heavy atom. The number of morpholine rings is 1. The number of hydrogen-bond acceptors (Lipinski definition) is 7. The second-order valence-electron chi connectivity index (χ2n) is 8.47. The second kappa shape index (κ2) is 9.96. The summed E-state index contributed by atoms with van der Waals surface area (Å²) >= 11 is 1.43. The topological polar surface area (TPSA) is 91.8 Å². The number of piperidine rings is 1. The molecule has 2 aromatic rings. The molecule has 1 amide bonds. The highest BCUT2D eigenvalue weighted by Gasteiger charge is 2.33. The van der Waals surface area contributed by atoms with E-state index < -0.39 is 10.0 Å². The fourth-order valence-corrected chi connectivity index (χ4v) is 6.60. The number of anilines is 1. The number of carbonyl (C=O) groups excluding carboxylic acids is 1. The molecule has 2 aliphatic rings. The summed E-state index contributed by atoms with van der Waals surface area (Å²) in [5.74, 6) is -0.298. The van der Waals surface area contributed by atoms with E-state index in [0.717, 1.165) is 49.7 Å². The van der Waals surface area contributed by atoms with Crippen molar-refractivity contribution in [2.75, 3.05) is 44.7 Å². The first kappa shape index (κ1) is 23.3. The van der Waals surface area contributed by atoms with Crippen molar-refractivity contribution >= 4 is 32.4 Å². The first-order valence-electron chi connectivity index (χ1n) is 11.0. The lowest BCUT2D eigenvalue weighted by molar-refractivity contribution is -0.120. The molecule has 0 unspecified atom stereocenters. The SMILES string of the molecule is Cc1ccc(S(=O)(=O)N2CCC(C(=O)Nc3nc(CN4CCOCC4)cs3)CC2)c(C)c1. The number of amides is 1. The number of nitrogens with zero attached hydrogens (tertiary/aromatic N) is 3. The highest BCUT2D eigenvalue weighted by Crippen LogP contribution is 2.27. The van der Waals surface area contributed by atoms with E-state index in [1.807, 2.05) is 31.4 Å². The number of carbonyl (C=O) groups is 1. The van der Waals surface area contributed by atoms with Crippen molar-refractivity contribution in [3.05, 3.63) is 40.4 Å². The van der Waals surface area contributed by atoms with Crippen LogP contribution in [0, 0.1) is 19.8 Å². The minimum atomic E-state index is -3.55. The Bertz CT molecular complexity index is 1060. The van der Waals surface area contributed by atoms with Crippen molar-refractivity contribution in [1.82, 2.24) is 14.2 Å². The van der Waals surface area contributed by atoms with Crippen LogP contribution in [-0.2, 0) is 26.1 Å². The second-order valence-corrected chi connectivity index (χ2v) is 11.2. The molecular formula is C22H30N4O4S2. The van der Waals surface area contributed by atoms with Crippen LogP contribution < -0.4 is 5.32 Å². The number of aryl methyl sites for hydroxylation is 2. The zero-order valence-electron chi connectivity index (χ0n) is 18.5. The van der Waals surface area contributed by atoms with Crippen molar-refractivity contribution in [3.63, 3.8) is 0 Å². The minimum absolute atomic E-state index is 0.0826. The van der Waals surface area contributed by atoms with Crippen LogP contribution in [0.2, 0.25) is 0 Å². The van der Waals surface area contributed by atoms with Gasteiger partial charge in [-0.1, -0.05) is 17.7 Å². The third kappa shape index (κ3) is 5.37. The van der Waals surface area contributed by atoms with Crippen LogP contribution in [-0.4, -0.2) is 67.9 Å². The number of nitrogens with one attached hydrogen (secondary N) is 1. The Morgan fingerprint density at radius 1 is 1.19 bits per heavy atom. The van der Waals surface area contributed by atoms with Gasteiger partial charge in [-0.25, -0.2) is 13.4 Å². The fourth-order valence-electron chi connectivity index (χ4n) is 4.22. The molecule has 1 aromatic carbocycles. The largest absolute Gasteiger partial charge is 0.379 e. The third-order valence-corrected chi connectivity index (χ3v) is 8.91. The fraction of sp³-hybridized carbons (Fsp3) is 0.545. The smallest absolute Gasteiger partial charge is 0.243 e. The van der Waals surface area contributed by atoms with Gasteiger partial charge in [-0.15, -0.1) is 11.3 Å². The molecule has 0 bridgehead atoms. The molecule has 2 saturated heterocycles. The van der Waals surface area contributed by atoms with Crippen molar-refractivity contribution in [1.29, 1.82) is 0 Å². The van der Waals surface area contributed by atoms with Gasteiger partial charge in [0.25, 0.3) is 0 Å². The maximum absolute atomic E-state index is 13.1. The summed E-state index contributed by atoms with van der Waals surface area (Å²) < 4.78 is 33.0. The van der Waals surface area contributed by atoms with Gasteiger partial charge in [-0.3, -0.25) is 9.69 Å². The number of rotatable bonds is 6. The van der Waals surface area contributed by atoms with Crippen LogP contribution in [0.1, 0.15) is 29.7 Å². The average molecular weight is 479 g/mol. The van der Waals surface area contributed by atoms with Gasteiger partial charge >= 0.3 is 0 Å². The molecule has 2 fully saturated rings. The highest BCUT2D eigenvalue weighted by atomic mass is 32.2. The molecular weight excluding hydrogens is 448 g/mol. The first-order chi connectivity index (χ1) is 15.3. The lowest BCUT2D eigenvalue weighted by Gasteiger charge is -2.30. The predicted octanol–water partition coefficient (Wildman–Crippen LogP) is 2.63. The van der Waals surface area contributed by atoms with E-state index in [0.29, 0.717) is 36.0 Å². The van der Waals surface area contributed by atoms with Gasteiger partial charge in [-0.05, 0) is 38.3 Å². The molecule has 3 heterocycles. The van der Waals surface area contributed by atoms with Gasteiger partial charge < -0.3 is 10.1 Å². The van der Waals surface area contributed by atoms with Crippen LogP contribution in [0.25, 0.3) is 0 Å². The summed E-state index contributed by atoms with van der Waals surface area (Å²) in [6.07, 6.45) is 1.00. The van der Waals surface area contributed by atoms with E-state index in [1.165, 1.54) is 15.6 Å². The molecule has 4 rings (SSSR count). The summed E-state index contributed by atoms with van der Waals surface area (Å²) in [7, 11) is -3.55. The standard InChI is InChI=1S/C22H30N4O4S2/c1-16-3-4-20(17(2)13-16)32(28,29)26-7-5-18(6-8-26)21(27)24-22-23-19(15-31-22)14-25-9-11-30-12-10-25/h3-4,13,15,18H,5-12,14H2,1-2H3,(H,23,24,27). The van der Waals surface area contributed by atoms with Gasteiger partial charge in [0.15, 0.2) is 5.13 Å². The van der Waals surface area contributed by atoms with Gasteiger partial charge in [0.05, 0.1) is 23.8 Å². The molecule has 32 heavy (non-hydrogen) atoms. The number of aromatic nitrogens is 1. The maximum atomic E-state index is 13.1. The summed E-state index contributed by atoms with van der Waals surface area (Å²) in [4.78, 5) is 19.9. The van der Waals surface area contributed by atoms with E-state index in [1.54, 1.807) is 6.07 Å². The number of thiazole rings is 1. The van der Waals surface area contributed by atoms with Crippen LogP contribution in [0.5, 0.6) is 0 Å². The minimum Gasteiger partial charge on any atom is -0.379 e. The lowest BCUT2D eigenvalue weighted by atomic mass is 9.97. The first-order valence-corrected chi connectivity index (χ1v) is 13.3. The number of benzene rings is 1. The van der Waals surface area contributed by atoms with Crippen LogP contribution in [0.15, 0.2) is 28.5 Å². The zero-order valence-corrected chi connectivity index (χ0v) is 20.2. The van der Waals surface area contributed by atoms with Crippen molar-refractivity contribution in [2.45, 2.75) is 38.1 Å². The molecule has 2 aliphatic heterocycles. The Morgan fingerprint density at radius 2 is 1.91 bits per heavy atom. The maximum Gasteiger partial charge on any atom is 0.243 e. The summed E-state index contributed by atoms with van der Waals surface area (Å²) in [5, 5.41) is 5.50. The molecule has 0 spiro atoms.